The number of anilines is 2. The first kappa shape index (κ1) is 40.8. The van der Waals surface area contributed by atoms with Gasteiger partial charge < -0.3 is 33.5 Å². The maximum atomic E-state index is 17.8. The van der Waals surface area contributed by atoms with E-state index >= 15 is 8.78 Å². The first-order valence-corrected chi connectivity index (χ1v) is 20.7. The van der Waals surface area contributed by atoms with Crippen LogP contribution in [0.5, 0.6) is 6.01 Å². The molecule has 1 N–H and O–H groups in total. The molecule has 0 saturated carbocycles. The van der Waals surface area contributed by atoms with Gasteiger partial charge in [0.15, 0.2) is 11.6 Å². The number of nitrogens with zero attached hydrogens (tertiary/aromatic N) is 7. The number of pyridine rings is 1. The number of fused-ring (bicyclic) bond motifs is 6. The van der Waals surface area contributed by atoms with E-state index in [-0.39, 0.29) is 80.9 Å². The van der Waals surface area contributed by atoms with Crippen molar-refractivity contribution in [1.82, 2.24) is 24.8 Å². The van der Waals surface area contributed by atoms with Gasteiger partial charge in [0.05, 0.1) is 54.0 Å². The number of morpholine rings is 1. The lowest BCUT2D eigenvalue weighted by Gasteiger charge is -2.42. The van der Waals surface area contributed by atoms with Gasteiger partial charge in [-0.15, -0.1) is 11.3 Å². The van der Waals surface area contributed by atoms with Crippen molar-refractivity contribution in [3.8, 4) is 23.3 Å². The molecule has 18 heteroatoms. The van der Waals surface area contributed by atoms with Crippen LogP contribution in [0.2, 0.25) is 0 Å². The monoisotopic (exact) mass is 834 g/mol. The topological polar surface area (TPSA) is 165 Å². The van der Waals surface area contributed by atoms with Gasteiger partial charge in [0.2, 0.25) is 0 Å². The highest BCUT2D eigenvalue weighted by atomic mass is 32.1. The Labute approximate surface area is 344 Å². The van der Waals surface area contributed by atoms with Gasteiger partial charge in [-0.25, -0.2) is 18.4 Å². The van der Waals surface area contributed by atoms with Crippen molar-refractivity contribution in [2.75, 3.05) is 56.2 Å². The van der Waals surface area contributed by atoms with Crippen LogP contribution in [0, 0.1) is 23.0 Å². The van der Waals surface area contributed by atoms with E-state index in [0.717, 1.165) is 43.5 Å². The predicted molar refractivity (Wildman–Crippen MR) is 216 cm³/mol. The lowest BCUT2D eigenvalue weighted by atomic mass is 9.93. The Morgan fingerprint density at radius 2 is 1.68 bits per heavy atom. The van der Waals surface area contributed by atoms with E-state index in [0.29, 0.717) is 55.2 Å². The summed E-state index contributed by atoms with van der Waals surface area (Å²) in [5, 5.41) is 13.5. The number of carbonyl (C=O) groups is 2. The Balaban J connectivity index is 1.28. The number of piperazine rings is 1. The number of nitrogens with one attached hydrogen (secondary N) is 1. The second-order valence-corrected chi connectivity index (χ2v) is 18.4. The van der Waals surface area contributed by atoms with Crippen molar-refractivity contribution in [3.63, 3.8) is 0 Å². The quantitative estimate of drug-likeness (QED) is 0.200. The fourth-order valence-electron chi connectivity index (χ4n) is 8.42. The summed E-state index contributed by atoms with van der Waals surface area (Å²) in [6, 6.07) is 1.75. The van der Waals surface area contributed by atoms with Crippen molar-refractivity contribution >= 4 is 55.3 Å². The van der Waals surface area contributed by atoms with Crippen LogP contribution in [0.3, 0.4) is 0 Å². The minimum Gasteiger partial charge on any atom is -0.459 e. The molecule has 2 amide bonds. The Hall–Kier alpha value is -4.96. The highest BCUT2D eigenvalue weighted by Gasteiger charge is 2.45. The molecule has 0 radical (unpaired) electrons. The molecule has 59 heavy (non-hydrogen) atoms. The number of hydrogen-bond donors (Lipinski definition) is 1. The van der Waals surface area contributed by atoms with Gasteiger partial charge in [-0.3, -0.25) is 15.2 Å². The Bertz CT molecular complexity index is 2350. The number of aromatic nitrogens is 3. The highest BCUT2D eigenvalue weighted by Crippen LogP contribution is 2.48. The summed E-state index contributed by atoms with van der Waals surface area (Å²) in [6.45, 7) is 16.6. The minimum absolute atomic E-state index is 0.000664. The van der Waals surface area contributed by atoms with Crippen molar-refractivity contribution in [2.24, 2.45) is 0 Å². The summed E-state index contributed by atoms with van der Waals surface area (Å²) < 4.78 is 62.5. The van der Waals surface area contributed by atoms with E-state index in [9.17, 15) is 14.9 Å². The number of thiophene rings is 1. The number of hydrogen-bond acceptors (Lipinski definition) is 14. The number of ether oxygens (including phenoxy) is 5. The predicted octanol–water partition coefficient (Wildman–Crippen LogP) is 7.12. The molecular formula is C41H48F2N8O7S. The van der Waals surface area contributed by atoms with Crippen molar-refractivity contribution in [1.29, 1.82) is 5.26 Å². The number of rotatable bonds is 7. The smallest absolute Gasteiger partial charge is 0.412 e. The Morgan fingerprint density at radius 1 is 1.00 bits per heavy atom. The van der Waals surface area contributed by atoms with E-state index in [1.54, 1.807) is 25.7 Å². The van der Waals surface area contributed by atoms with E-state index in [1.165, 1.54) is 0 Å². The third-order valence-electron chi connectivity index (χ3n) is 10.7. The second-order valence-electron chi connectivity index (χ2n) is 17.4. The first-order chi connectivity index (χ1) is 28.0. The zero-order valence-electron chi connectivity index (χ0n) is 34.2. The summed E-state index contributed by atoms with van der Waals surface area (Å²) in [6.07, 6.45) is 0.919. The fraction of sp³-hybridized carbons (Fsp3) is 0.561. The molecule has 8 rings (SSSR count). The van der Waals surface area contributed by atoms with Crippen molar-refractivity contribution in [2.45, 2.75) is 104 Å². The zero-order valence-corrected chi connectivity index (χ0v) is 35.1. The molecule has 1 aromatic carbocycles. The molecule has 314 valence electrons. The number of benzene rings is 1. The van der Waals surface area contributed by atoms with Gasteiger partial charge >= 0.3 is 18.2 Å². The number of amides is 2. The van der Waals surface area contributed by atoms with Crippen LogP contribution in [-0.4, -0.2) is 112 Å². The summed E-state index contributed by atoms with van der Waals surface area (Å²) in [5.74, 6) is -1.04. The average Bonchev–Trinajstić information content (AvgIpc) is 3.85. The number of nitriles is 1. The lowest BCUT2D eigenvalue weighted by molar-refractivity contribution is 0.0200. The molecular weight excluding hydrogens is 787 g/mol. The third-order valence-corrected chi connectivity index (χ3v) is 11.8. The lowest BCUT2D eigenvalue weighted by Crippen LogP contribution is -2.56. The molecule has 4 aliphatic rings. The van der Waals surface area contributed by atoms with E-state index in [4.69, 9.17) is 33.7 Å². The van der Waals surface area contributed by atoms with Gasteiger partial charge in [-0.2, -0.15) is 15.2 Å². The third kappa shape index (κ3) is 8.05. The molecule has 15 nitrogen and oxygen atoms in total. The Morgan fingerprint density at radius 3 is 2.34 bits per heavy atom. The van der Waals surface area contributed by atoms with Crippen LogP contribution in [-0.2, 0) is 32.2 Å². The number of halogens is 2. The van der Waals surface area contributed by atoms with Crippen LogP contribution in [0.15, 0.2) is 6.20 Å². The maximum absolute atomic E-state index is 17.8. The molecule has 4 aromatic rings. The summed E-state index contributed by atoms with van der Waals surface area (Å²) in [7, 11) is 0. The van der Waals surface area contributed by atoms with Gasteiger partial charge in [0.1, 0.15) is 39.7 Å². The molecule has 3 atom stereocenters. The van der Waals surface area contributed by atoms with Crippen LogP contribution in [0.4, 0.5) is 29.2 Å². The molecule has 3 aromatic heterocycles. The molecule has 4 aliphatic heterocycles. The first-order valence-electron chi connectivity index (χ1n) is 19.9. The van der Waals surface area contributed by atoms with Gasteiger partial charge in [0, 0.05) is 55.8 Å². The molecule has 7 heterocycles. The van der Waals surface area contributed by atoms with Crippen LogP contribution < -0.4 is 15.0 Å². The average molecular weight is 835 g/mol. The normalized spacial score (nSPS) is 20.1. The number of carbonyl (C=O) groups excluding carboxylic acids is 2. The number of likely N-dealkylation sites (tertiary alicyclic amines) is 1. The summed E-state index contributed by atoms with van der Waals surface area (Å²) in [5.41, 5.74) is -0.529. The summed E-state index contributed by atoms with van der Waals surface area (Å²) >= 11 is 0.834. The van der Waals surface area contributed by atoms with Crippen molar-refractivity contribution in [3.05, 3.63) is 34.5 Å². The maximum Gasteiger partial charge on any atom is 0.412 e. The van der Waals surface area contributed by atoms with Gasteiger partial charge in [-0.1, -0.05) is 0 Å². The molecule has 0 spiro atoms. The van der Waals surface area contributed by atoms with Crippen LogP contribution >= 0.6 is 11.3 Å². The molecule has 0 aliphatic carbocycles. The van der Waals surface area contributed by atoms with Crippen molar-refractivity contribution < 1.29 is 42.1 Å². The molecule has 2 unspecified atom stereocenters. The second kappa shape index (κ2) is 15.6. The standard InChI is InChI=1S/C41H48F2N8O7S/c1-21(16-49-10-12-54-13-11-49)56-37-46-33-30(35(47-37)51-22-8-9-23(51)18-50(17-22)39(53)58-41(5,6)7)26-20-55-19-25(26)28(31(33)43)32-29-24(14-44)36(48-38(52)57-40(2,3)4)59-34(29)27(42)15-45-32/h15,21-23H,8-13,16-20H2,1-7H3,(H,48,52)/t21-,22?,23?/m0/s1. The van der Waals surface area contributed by atoms with Crippen LogP contribution in [0.25, 0.3) is 32.2 Å². The zero-order chi connectivity index (χ0) is 42.0. The largest absolute Gasteiger partial charge is 0.459 e. The van der Waals surface area contributed by atoms with Crippen LogP contribution in [0.1, 0.15) is 78.0 Å². The Kier molecular flexibility index (Phi) is 10.8. The molecule has 2 bridgehead atoms. The summed E-state index contributed by atoms with van der Waals surface area (Å²) in [4.78, 5) is 46.4. The SMILES string of the molecule is C[C@@H](CN1CCOCC1)Oc1nc(N2C3CCC2CN(C(=O)OC(C)(C)C)C3)c2c3c(c(-c4ncc(F)c5sc(NC(=O)OC(C)(C)C)c(C#N)c45)c(F)c2n1)COC3. The van der Waals surface area contributed by atoms with E-state index in [1.807, 2.05) is 27.7 Å². The van der Waals surface area contributed by atoms with Gasteiger partial charge in [0.25, 0.3) is 0 Å². The fourth-order valence-corrected chi connectivity index (χ4v) is 9.46. The minimum atomic E-state index is -0.838. The van der Waals surface area contributed by atoms with E-state index < -0.39 is 28.9 Å². The molecule has 3 saturated heterocycles. The van der Waals surface area contributed by atoms with E-state index in [2.05, 4.69) is 26.2 Å². The molecule has 3 fully saturated rings. The highest BCUT2D eigenvalue weighted by molar-refractivity contribution is 7.23. The van der Waals surface area contributed by atoms with Gasteiger partial charge in [-0.05, 0) is 72.4 Å².